The van der Waals surface area contributed by atoms with Crippen LogP contribution in [0.1, 0.15) is 5.56 Å². The number of nitrogens with one attached hydrogen (secondary N) is 1. The van der Waals surface area contributed by atoms with Gasteiger partial charge in [0.1, 0.15) is 11.0 Å². The highest BCUT2D eigenvalue weighted by Crippen LogP contribution is 2.17. The van der Waals surface area contributed by atoms with E-state index in [0.717, 1.165) is 22.3 Å². The third-order valence-electron chi connectivity index (χ3n) is 3.86. The average Bonchev–Trinajstić information content (AvgIpc) is 3.11. The van der Waals surface area contributed by atoms with Crippen LogP contribution in [0.15, 0.2) is 84.9 Å². The molecule has 0 saturated carbocycles. The lowest BCUT2D eigenvalue weighted by Gasteiger charge is -2.01. The Balaban J connectivity index is 1.52. The number of benzene rings is 3. The van der Waals surface area contributed by atoms with Crippen molar-refractivity contribution in [3.8, 4) is 5.69 Å². The summed E-state index contributed by atoms with van der Waals surface area (Å²) in [6, 6.07) is 24.9. The van der Waals surface area contributed by atoms with Gasteiger partial charge >= 0.3 is 0 Å². The summed E-state index contributed by atoms with van der Waals surface area (Å²) < 4.78 is 0. The second-order valence-corrected chi connectivity index (χ2v) is 5.76. The van der Waals surface area contributed by atoms with E-state index in [4.69, 9.17) is 0 Å². The van der Waals surface area contributed by atoms with Crippen molar-refractivity contribution in [1.82, 2.24) is 15.0 Å². The zero-order valence-electron chi connectivity index (χ0n) is 13.9. The largest absolute Gasteiger partial charge is 0.322 e. The summed E-state index contributed by atoms with van der Waals surface area (Å²) in [5, 5.41) is 11.8. The molecule has 1 aromatic heterocycles. The van der Waals surface area contributed by atoms with Crippen molar-refractivity contribution in [1.29, 1.82) is 0 Å². The Hall–Kier alpha value is -3.73. The molecule has 0 spiro atoms. The van der Waals surface area contributed by atoms with Crippen molar-refractivity contribution < 1.29 is 4.79 Å². The SMILES string of the molecule is O=C(C=Cc1ccccc1)Nc1ccc2nn(-c3ccccc3)nc2c1. The zero-order chi connectivity index (χ0) is 17.8. The molecule has 1 N–H and O–H groups in total. The quantitative estimate of drug-likeness (QED) is 0.570. The number of aromatic nitrogens is 3. The fraction of sp³-hybridized carbons (Fsp3) is 0. The second-order valence-electron chi connectivity index (χ2n) is 5.76. The van der Waals surface area contributed by atoms with Gasteiger partial charge in [0.05, 0.1) is 5.69 Å². The maximum absolute atomic E-state index is 12.1. The van der Waals surface area contributed by atoms with Crippen LogP contribution in [0.3, 0.4) is 0 Å². The normalized spacial score (nSPS) is 11.1. The van der Waals surface area contributed by atoms with E-state index >= 15 is 0 Å². The molecule has 0 unspecified atom stereocenters. The van der Waals surface area contributed by atoms with E-state index in [9.17, 15) is 4.79 Å². The molecule has 0 aliphatic rings. The summed E-state index contributed by atoms with van der Waals surface area (Å²) >= 11 is 0. The molecular formula is C21H16N4O. The number of nitrogens with zero attached hydrogens (tertiary/aromatic N) is 3. The molecule has 26 heavy (non-hydrogen) atoms. The molecule has 4 aromatic rings. The number of hydrogen-bond acceptors (Lipinski definition) is 3. The molecule has 4 rings (SSSR count). The molecule has 126 valence electrons. The van der Waals surface area contributed by atoms with Crippen LogP contribution in [0.25, 0.3) is 22.8 Å². The van der Waals surface area contributed by atoms with E-state index in [0.29, 0.717) is 5.69 Å². The fourth-order valence-electron chi connectivity index (χ4n) is 2.59. The Labute approximate surface area is 150 Å². The molecule has 3 aromatic carbocycles. The molecule has 5 nitrogen and oxygen atoms in total. The molecule has 0 aliphatic carbocycles. The minimum atomic E-state index is -0.191. The molecule has 0 saturated heterocycles. The Kier molecular flexibility index (Phi) is 4.26. The molecule has 0 radical (unpaired) electrons. The minimum absolute atomic E-state index is 0.191. The Bertz CT molecular complexity index is 1070. The summed E-state index contributed by atoms with van der Waals surface area (Å²) in [6.07, 6.45) is 3.29. The third-order valence-corrected chi connectivity index (χ3v) is 3.86. The predicted molar refractivity (Wildman–Crippen MR) is 103 cm³/mol. The van der Waals surface area contributed by atoms with Gasteiger partial charge in [0, 0.05) is 11.8 Å². The van der Waals surface area contributed by atoms with E-state index in [-0.39, 0.29) is 5.91 Å². The monoisotopic (exact) mass is 340 g/mol. The molecule has 1 heterocycles. The average molecular weight is 340 g/mol. The first-order chi connectivity index (χ1) is 12.8. The zero-order valence-corrected chi connectivity index (χ0v) is 13.9. The van der Waals surface area contributed by atoms with Gasteiger partial charge < -0.3 is 5.32 Å². The van der Waals surface area contributed by atoms with Crippen LogP contribution in [0.2, 0.25) is 0 Å². The van der Waals surface area contributed by atoms with E-state index in [1.54, 1.807) is 10.9 Å². The van der Waals surface area contributed by atoms with Crippen molar-refractivity contribution >= 4 is 28.7 Å². The van der Waals surface area contributed by atoms with Gasteiger partial charge in [0.15, 0.2) is 0 Å². The maximum Gasteiger partial charge on any atom is 0.248 e. The van der Waals surface area contributed by atoms with Gasteiger partial charge in [-0.2, -0.15) is 4.80 Å². The van der Waals surface area contributed by atoms with Gasteiger partial charge in [-0.05, 0) is 42.0 Å². The van der Waals surface area contributed by atoms with Crippen molar-refractivity contribution in [3.05, 3.63) is 90.5 Å². The summed E-state index contributed by atoms with van der Waals surface area (Å²) in [5.74, 6) is -0.191. The topological polar surface area (TPSA) is 59.8 Å². The molecule has 5 heteroatoms. The van der Waals surface area contributed by atoms with Gasteiger partial charge in [-0.15, -0.1) is 10.2 Å². The first-order valence-electron chi connectivity index (χ1n) is 8.25. The number of carbonyl (C=O) groups is 1. The number of para-hydroxylation sites is 1. The Morgan fingerprint density at radius 2 is 1.54 bits per heavy atom. The minimum Gasteiger partial charge on any atom is -0.322 e. The maximum atomic E-state index is 12.1. The molecule has 0 atom stereocenters. The number of rotatable bonds is 4. The summed E-state index contributed by atoms with van der Waals surface area (Å²) in [5.41, 5.74) is 4.04. The fourth-order valence-corrected chi connectivity index (χ4v) is 2.59. The number of amides is 1. The van der Waals surface area contributed by atoms with Crippen LogP contribution < -0.4 is 5.32 Å². The van der Waals surface area contributed by atoms with Gasteiger partial charge in [-0.25, -0.2) is 0 Å². The third kappa shape index (κ3) is 3.52. The predicted octanol–water partition coefficient (Wildman–Crippen LogP) is 4.07. The lowest BCUT2D eigenvalue weighted by atomic mass is 10.2. The number of hydrogen-bond donors (Lipinski definition) is 1. The highest BCUT2D eigenvalue weighted by molar-refractivity contribution is 6.02. The van der Waals surface area contributed by atoms with Gasteiger partial charge in [-0.1, -0.05) is 48.5 Å². The van der Waals surface area contributed by atoms with E-state index < -0.39 is 0 Å². The standard InChI is InChI=1S/C21H16N4O/c26-21(14-11-16-7-3-1-4-8-16)22-17-12-13-19-20(15-17)24-25(23-19)18-9-5-2-6-10-18/h1-15H,(H,22,26). The summed E-state index contributed by atoms with van der Waals surface area (Å²) in [6.45, 7) is 0. The van der Waals surface area contributed by atoms with E-state index in [2.05, 4.69) is 15.5 Å². The molecular weight excluding hydrogens is 324 g/mol. The van der Waals surface area contributed by atoms with Gasteiger partial charge in [0.25, 0.3) is 0 Å². The molecule has 0 bridgehead atoms. The molecule has 0 fully saturated rings. The van der Waals surface area contributed by atoms with Crippen LogP contribution in [-0.4, -0.2) is 20.9 Å². The van der Waals surface area contributed by atoms with Crippen molar-refractivity contribution in [2.75, 3.05) is 5.32 Å². The second kappa shape index (κ2) is 7.03. The molecule has 0 aliphatic heterocycles. The van der Waals surface area contributed by atoms with Gasteiger partial charge in [0.2, 0.25) is 5.91 Å². The van der Waals surface area contributed by atoms with Crippen molar-refractivity contribution in [3.63, 3.8) is 0 Å². The van der Waals surface area contributed by atoms with Crippen LogP contribution in [-0.2, 0) is 4.79 Å². The lowest BCUT2D eigenvalue weighted by Crippen LogP contribution is -2.07. The highest BCUT2D eigenvalue weighted by Gasteiger charge is 2.06. The number of fused-ring (bicyclic) bond motifs is 1. The molecule has 1 amide bonds. The lowest BCUT2D eigenvalue weighted by molar-refractivity contribution is -0.111. The summed E-state index contributed by atoms with van der Waals surface area (Å²) in [4.78, 5) is 13.7. The van der Waals surface area contributed by atoms with Crippen LogP contribution in [0.5, 0.6) is 0 Å². The van der Waals surface area contributed by atoms with Crippen molar-refractivity contribution in [2.24, 2.45) is 0 Å². The number of anilines is 1. The van der Waals surface area contributed by atoms with Crippen molar-refractivity contribution in [2.45, 2.75) is 0 Å². The van der Waals surface area contributed by atoms with E-state index in [1.807, 2.05) is 78.9 Å². The van der Waals surface area contributed by atoms with Crippen LogP contribution >= 0.6 is 0 Å². The Morgan fingerprint density at radius 3 is 2.31 bits per heavy atom. The van der Waals surface area contributed by atoms with Crippen LogP contribution in [0.4, 0.5) is 5.69 Å². The summed E-state index contributed by atoms with van der Waals surface area (Å²) in [7, 11) is 0. The van der Waals surface area contributed by atoms with Crippen LogP contribution in [0, 0.1) is 0 Å². The first-order valence-corrected chi connectivity index (χ1v) is 8.25. The number of carbonyl (C=O) groups excluding carboxylic acids is 1. The first kappa shape index (κ1) is 15.8. The van der Waals surface area contributed by atoms with E-state index in [1.165, 1.54) is 6.08 Å². The highest BCUT2D eigenvalue weighted by atomic mass is 16.1. The Morgan fingerprint density at radius 1 is 0.846 bits per heavy atom. The smallest absolute Gasteiger partial charge is 0.248 e. The van der Waals surface area contributed by atoms with Gasteiger partial charge in [-0.3, -0.25) is 4.79 Å².